The number of nitrogens with two attached hydrogens (primary N) is 1. The molecule has 1 heterocycles. The molecule has 1 aliphatic heterocycles. The van der Waals surface area contributed by atoms with Crippen molar-refractivity contribution in [1.29, 1.82) is 0 Å². The molecule has 0 atom stereocenters. The van der Waals surface area contributed by atoms with Crippen LogP contribution < -0.4 is 10.5 Å². The van der Waals surface area contributed by atoms with Crippen LogP contribution in [0.5, 0.6) is 5.75 Å². The van der Waals surface area contributed by atoms with E-state index in [0.717, 1.165) is 22.4 Å². The van der Waals surface area contributed by atoms with Crippen LogP contribution in [0, 0.1) is 13.8 Å². The van der Waals surface area contributed by atoms with Crippen LogP contribution in [0.1, 0.15) is 16.7 Å². The third-order valence-corrected chi connectivity index (χ3v) is 3.64. The highest BCUT2D eigenvalue weighted by Gasteiger charge is 2.47. The molecule has 0 saturated carbocycles. The number of ether oxygens (including phenoxy) is 2. The van der Waals surface area contributed by atoms with Gasteiger partial charge in [0.2, 0.25) is 5.91 Å². The number of methoxy groups -OCH3 is 1. The average molecular weight is 235 g/mol. The minimum atomic E-state index is -0.652. The topological polar surface area (TPSA) is 61.5 Å². The van der Waals surface area contributed by atoms with Crippen molar-refractivity contribution in [1.82, 2.24) is 0 Å². The van der Waals surface area contributed by atoms with Gasteiger partial charge in [-0.3, -0.25) is 4.79 Å². The van der Waals surface area contributed by atoms with Crippen LogP contribution in [-0.2, 0) is 14.9 Å². The van der Waals surface area contributed by atoms with Gasteiger partial charge in [-0.2, -0.15) is 0 Å². The molecule has 2 rings (SSSR count). The summed E-state index contributed by atoms with van der Waals surface area (Å²) in [6, 6.07) is 3.79. The van der Waals surface area contributed by atoms with Gasteiger partial charge < -0.3 is 15.2 Å². The number of amides is 1. The lowest BCUT2D eigenvalue weighted by Crippen LogP contribution is -2.56. The molecule has 0 bridgehead atoms. The molecule has 0 spiro atoms. The Kier molecular flexibility index (Phi) is 2.83. The highest BCUT2D eigenvalue weighted by molar-refractivity contribution is 5.88. The van der Waals surface area contributed by atoms with Gasteiger partial charge in [-0.05, 0) is 36.6 Å². The number of hydrogen-bond acceptors (Lipinski definition) is 3. The van der Waals surface area contributed by atoms with Crippen molar-refractivity contribution in [3.05, 3.63) is 28.8 Å². The first-order chi connectivity index (χ1) is 8.03. The van der Waals surface area contributed by atoms with Gasteiger partial charge in [0, 0.05) is 0 Å². The Balaban J connectivity index is 2.53. The van der Waals surface area contributed by atoms with Gasteiger partial charge in [0.05, 0.1) is 20.3 Å². The minimum Gasteiger partial charge on any atom is -0.496 e. The molecule has 4 heteroatoms. The first kappa shape index (κ1) is 11.9. The summed E-state index contributed by atoms with van der Waals surface area (Å²) in [4.78, 5) is 11.6. The predicted octanol–water partition coefficient (Wildman–Crippen LogP) is 1.07. The number of primary amides is 1. The summed E-state index contributed by atoms with van der Waals surface area (Å²) in [6.45, 7) is 4.70. The van der Waals surface area contributed by atoms with Crippen LogP contribution in [0.4, 0.5) is 0 Å². The highest BCUT2D eigenvalue weighted by Crippen LogP contribution is 2.37. The van der Waals surface area contributed by atoms with E-state index in [1.54, 1.807) is 7.11 Å². The van der Waals surface area contributed by atoms with E-state index >= 15 is 0 Å². The van der Waals surface area contributed by atoms with E-state index in [2.05, 4.69) is 0 Å². The highest BCUT2D eigenvalue weighted by atomic mass is 16.5. The molecular formula is C13H17NO3. The van der Waals surface area contributed by atoms with Crippen LogP contribution in [0.2, 0.25) is 0 Å². The minimum absolute atomic E-state index is 0.323. The largest absolute Gasteiger partial charge is 0.496 e. The molecule has 0 radical (unpaired) electrons. The Hall–Kier alpha value is -1.55. The van der Waals surface area contributed by atoms with E-state index in [1.807, 2.05) is 26.0 Å². The second kappa shape index (κ2) is 4.04. The summed E-state index contributed by atoms with van der Waals surface area (Å²) in [5.74, 6) is 0.502. The maximum Gasteiger partial charge on any atom is 0.232 e. The summed E-state index contributed by atoms with van der Waals surface area (Å²) in [5.41, 5.74) is 7.89. The Labute approximate surface area is 101 Å². The van der Waals surface area contributed by atoms with Crippen molar-refractivity contribution >= 4 is 5.91 Å². The molecule has 0 aliphatic carbocycles. The van der Waals surface area contributed by atoms with Crippen LogP contribution in [0.15, 0.2) is 12.1 Å². The van der Waals surface area contributed by atoms with E-state index in [9.17, 15) is 4.79 Å². The fourth-order valence-electron chi connectivity index (χ4n) is 2.27. The summed E-state index contributed by atoms with van der Waals surface area (Å²) in [7, 11) is 1.64. The normalized spacial score (nSPS) is 17.4. The SMILES string of the molecule is COc1ccc(C2(C(N)=O)COC2)c(C)c1C. The van der Waals surface area contributed by atoms with E-state index in [0.29, 0.717) is 13.2 Å². The van der Waals surface area contributed by atoms with Crippen LogP contribution in [0.3, 0.4) is 0 Å². The summed E-state index contributed by atoms with van der Waals surface area (Å²) in [6.07, 6.45) is 0. The maximum absolute atomic E-state index is 11.6. The molecule has 2 N–H and O–H groups in total. The molecule has 1 aromatic rings. The lowest BCUT2D eigenvalue weighted by molar-refractivity contribution is -0.141. The molecule has 92 valence electrons. The van der Waals surface area contributed by atoms with Crippen LogP contribution >= 0.6 is 0 Å². The van der Waals surface area contributed by atoms with Crippen molar-refractivity contribution in [2.75, 3.05) is 20.3 Å². The predicted molar refractivity (Wildman–Crippen MR) is 64.2 cm³/mol. The molecule has 1 fully saturated rings. The quantitative estimate of drug-likeness (QED) is 0.852. The van der Waals surface area contributed by atoms with Crippen molar-refractivity contribution in [2.24, 2.45) is 5.73 Å². The van der Waals surface area contributed by atoms with Gasteiger partial charge in [0.1, 0.15) is 11.2 Å². The summed E-state index contributed by atoms with van der Waals surface area (Å²) in [5, 5.41) is 0. The van der Waals surface area contributed by atoms with E-state index in [1.165, 1.54) is 0 Å². The smallest absolute Gasteiger partial charge is 0.232 e. The molecule has 1 amide bonds. The van der Waals surface area contributed by atoms with E-state index in [4.69, 9.17) is 15.2 Å². The van der Waals surface area contributed by atoms with E-state index in [-0.39, 0.29) is 5.91 Å². The molecule has 1 aromatic carbocycles. The van der Waals surface area contributed by atoms with Gasteiger partial charge in [-0.1, -0.05) is 6.07 Å². The van der Waals surface area contributed by atoms with Gasteiger partial charge in [-0.25, -0.2) is 0 Å². The molecule has 0 aromatic heterocycles. The van der Waals surface area contributed by atoms with Gasteiger partial charge in [-0.15, -0.1) is 0 Å². The monoisotopic (exact) mass is 235 g/mol. The summed E-state index contributed by atoms with van der Waals surface area (Å²) >= 11 is 0. The zero-order chi connectivity index (χ0) is 12.6. The molecular weight excluding hydrogens is 218 g/mol. The van der Waals surface area contributed by atoms with Gasteiger partial charge in [0.25, 0.3) is 0 Å². The Morgan fingerprint density at radius 3 is 2.41 bits per heavy atom. The van der Waals surface area contributed by atoms with Crippen molar-refractivity contribution in [3.8, 4) is 5.75 Å². The van der Waals surface area contributed by atoms with Crippen LogP contribution in [0.25, 0.3) is 0 Å². The lowest BCUT2D eigenvalue weighted by Gasteiger charge is -2.40. The third kappa shape index (κ3) is 1.60. The molecule has 0 unspecified atom stereocenters. The average Bonchev–Trinajstić information content (AvgIpc) is 2.22. The lowest BCUT2D eigenvalue weighted by atomic mass is 9.75. The first-order valence-corrected chi connectivity index (χ1v) is 5.55. The maximum atomic E-state index is 11.6. The second-order valence-electron chi connectivity index (χ2n) is 4.50. The van der Waals surface area contributed by atoms with Crippen LogP contribution in [-0.4, -0.2) is 26.2 Å². The van der Waals surface area contributed by atoms with Gasteiger partial charge >= 0.3 is 0 Å². The van der Waals surface area contributed by atoms with Crippen molar-refractivity contribution in [3.63, 3.8) is 0 Å². The first-order valence-electron chi connectivity index (χ1n) is 5.55. The molecule has 1 aliphatic rings. The zero-order valence-corrected chi connectivity index (χ0v) is 10.4. The summed E-state index contributed by atoms with van der Waals surface area (Å²) < 4.78 is 10.4. The number of carbonyl (C=O) groups excluding carboxylic acids is 1. The number of rotatable bonds is 3. The Bertz CT molecular complexity index is 464. The number of benzene rings is 1. The fourth-order valence-corrected chi connectivity index (χ4v) is 2.27. The van der Waals surface area contributed by atoms with Gasteiger partial charge in [0.15, 0.2) is 0 Å². The Morgan fingerprint density at radius 1 is 1.35 bits per heavy atom. The standard InChI is InChI=1S/C13H17NO3/c1-8-9(2)11(16-3)5-4-10(8)13(12(14)15)6-17-7-13/h4-5H,6-7H2,1-3H3,(H2,14,15). The molecule has 17 heavy (non-hydrogen) atoms. The fraction of sp³-hybridized carbons (Fsp3) is 0.462. The zero-order valence-electron chi connectivity index (χ0n) is 10.4. The third-order valence-electron chi connectivity index (χ3n) is 3.64. The second-order valence-corrected chi connectivity index (χ2v) is 4.50. The number of carbonyl (C=O) groups is 1. The van der Waals surface area contributed by atoms with E-state index < -0.39 is 5.41 Å². The van der Waals surface area contributed by atoms with Crippen molar-refractivity contribution < 1.29 is 14.3 Å². The Morgan fingerprint density at radius 2 is 2.00 bits per heavy atom. The van der Waals surface area contributed by atoms with Crippen molar-refractivity contribution in [2.45, 2.75) is 19.3 Å². The number of hydrogen-bond donors (Lipinski definition) is 1. The molecule has 4 nitrogen and oxygen atoms in total. The molecule has 1 saturated heterocycles.